The van der Waals surface area contributed by atoms with Crippen LogP contribution in [-0.4, -0.2) is 75.5 Å². The molecular formula is C20H30F3N5O. The van der Waals surface area contributed by atoms with Gasteiger partial charge < -0.3 is 20.3 Å². The van der Waals surface area contributed by atoms with E-state index in [-0.39, 0.29) is 12.1 Å². The van der Waals surface area contributed by atoms with Gasteiger partial charge in [-0.05, 0) is 31.9 Å². The zero-order chi connectivity index (χ0) is 20.9. The van der Waals surface area contributed by atoms with Crippen molar-refractivity contribution in [3.05, 3.63) is 24.3 Å². The smallest absolute Gasteiger partial charge is 0.401 e. The van der Waals surface area contributed by atoms with Gasteiger partial charge in [0.15, 0.2) is 5.96 Å². The van der Waals surface area contributed by atoms with E-state index in [1.165, 1.54) is 4.90 Å². The first-order valence-electron chi connectivity index (χ1n) is 10.1. The van der Waals surface area contributed by atoms with Gasteiger partial charge in [0.05, 0.1) is 19.3 Å². The number of nitrogens with zero attached hydrogens (tertiary/aromatic N) is 3. The van der Waals surface area contributed by atoms with Crippen molar-refractivity contribution in [1.82, 2.24) is 15.5 Å². The maximum absolute atomic E-state index is 12.6. The third kappa shape index (κ3) is 6.16. The number of alkyl halides is 3. The highest BCUT2D eigenvalue weighted by Gasteiger charge is 2.35. The second-order valence-corrected chi connectivity index (χ2v) is 7.55. The summed E-state index contributed by atoms with van der Waals surface area (Å²) in [5.74, 6) is 1.53. The number of rotatable bonds is 6. The fourth-order valence-corrected chi connectivity index (χ4v) is 4.01. The average molecular weight is 413 g/mol. The van der Waals surface area contributed by atoms with Gasteiger partial charge in [-0.15, -0.1) is 0 Å². The van der Waals surface area contributed by atoms with Crippen molar-refractivity contribution < 1.29 is 17.9 Å². The number of para-hydroxylation sites is 2. The Hall–Kier alpha value is -2.16. The van der Waals surface area contributed by atoms with Gasteiger partial charge in [0, 0.05) is 44.8 Å². The normalized spacial score (nSPS) is 23.5. The number of anilines is 1. The topological polar surface area (TPSA) is 52.1 Å². The summed E-state index contributed by atoms with van der Waals surface area (Å²) < 4.78 is 43.3. The van der Waals surface area contributed by atoms with Gasteiger partial charge >= 0.3 is 6.18 Å². The predicted octanol–water partition coefficient (Wildman–Crippen LogP) is 2.47. The number of ether oxygens (including phenoxy) is 1. The minimum atomic E-state index is -4.15. The highest BCUT2D eigenvalue weighted by atomic mass is 19.4. The number of aliphatic imine (C=N–C) groups is 1. The molecule has 2 atom stereocenters. The van der Waals surface area contributed by atoms with Gasteiger partial charge in [-0.2, -0.15) is 13.2 Å². The van der Waals surface area contributed by atoms with Crippen molar-refractivity contribution in [1.29, 1.82) is 0 Å². The molecular weight excluding hydrogens is 383 g/mol. The van der Waals surface area contributed by atoms with Crippen molar-refractivity contribution in [2.45, 2.75) is 38.0 Å². The molecule has 2 N–H and O–H groups in total. The molecule has 2 fully saturated rings. The Labute approximate surface area is 170 Å². The van der Waals surface area contributed by atoms with E-state index in [2.05, 4.69) is 20.5 Å². The van der Waals surface area contributed by atoms with Crippen molar-refractivity contribution >= 4 is 11.6 Å². The van der Waals surface area contributed by atoms with Crippen molar-refractivity contribution in [3.8, 4) is 5.75 Å². The lowest BCUT2D eigenvalue weighted by molar-refractivity contribution is -0.143. The maximum atomic E-state index is 12.6. The van der Waals surface area contributed by atoms with Crippen LogP contribution in [0.1, 0.15) is 19.8 Å². The number of halogens is 3. The first-order valence-corrected chi connectivity index (χ1v) is 10.1. The third-order valence-electron chi connectivity index (χ3n) is 5.29. The summed E-state index contributed by atoms with van der Waals surface area (Å²) in [7, 11) is 1.67. The molecule has 2 unspecified atom stereocenters. The van der Waals surface area contributed by atoms with Gasteiger partial charge in [0.25, 0.3) is 0 Å². The molecule has 0 amide bonds. The Bertz CT molecular complexity index is 697. The predicted molar refractivity (Wildman–Crippen MR) is 109 cm³/mol. The molecule has 2 heterocycles. The Kier molecular flexibility index (Phi) is 7.10. The summed E-state index contributed by atoms with van der Waals surface area (Å²) in [5, 5.41) is 6.78. The SMILES string of the molecule is CCN=C(NC1CCN(CC(F)(F)F)C1)NC1CCN(c2ccccc2OC)C1. The molecule has 0 aliphatic carbocycles. The molecule has 1 aromatic rings. The lowest BCUT2D eigenvalue weighted by Gasteiger charge is -2.23. The van der Waals surface area contributed by atoms with Gasteiger partial charge in [-0.1, -0.05) is 12.1 Å². The molecule has 2 aliphatic heterocycles. The molecule has 0 aromatic heterocycles. The number of benzene rings is 1. The quantitative estimate of drug-likeness (QED) is 0.554. The van der Waals surface area contributed by atoms with E-state index in [0.29, 0.717) is 32.0 Å². The van der Waals surface area contributed by atoms with Crippen LogP contribution in [0.2, 0.25) is 0 Å². The molecule has 2 saturated heterocycles. The van der Waals surface area contributed by atoms with Crippen LogP contribution in [0.4, 0.5) is 18.9 Å². The lowest BCUT2D eigenvalue weighted by Crippen LogP contribution is -2.49. The number of guanidine groups is 1. The molecule has 2 aliphatic rings. The zero-order valence-electron chi connectivity index (χ0n) is 17.0. The first kappa shape index (κ1) is 21.5. The van der Waals surface area contributed by atoms with Crippen LogP contribution in [0.3, 0.4) is 0 Å². The Balaban J connectivity index is 1.53. The van der Waals surface area contributed by atoms with E-state index in [1.807, 2.05) is 31.2 Å². The van der Waals surface area contributed by atoms with Crippen LogP contribution in [-0.2, 0) is 0 Å². The third-order valence-corrected chi connectivity index (χ3v) is 5.29. The Morgan fingerprint density at radius 3 is 2.52 bits per heavy atom. The molecule has 6 nitrogen and oxygen atoms in total. The van der Waals surface area contributed by atoms with Crippen molar-refractivity contribution in [2.75, 3.05) is 51.3 Å². The minimum Gasteiger partial charge on any atom is -0.495 e. The molecule has 0 bridgehead atoms. The second kappa shape index (κ2) is 9.56. The van der Waals surface area contributed by atoms with E-state index in [1.54, 1.807) is 7.11 Å². The van der Waals surface area contributed by atoms with Crippen LogP contribution in [0.15, 0.2) is 29.3 Å². The van der Waals surface area contributed by atoms with E-state index in [0.717, 1.165) is 30.9 Å². The van der Waals surface area contributed by atoms with E-state index in [9.17, 15) is 13.2 Å². The molecule has 3 rings (SSSR count). The maximum Gasteiger partial charge on any atom is 0.401 e. The van der Waals surface area contributed by atoms with Crippen LogP contribution in [0.5, 0.6) is 5.75 Å². The van der Waals surface area contributed by atoms with Gasteiger partial charge in [0.1, 0.15) is 5.75 Å². The first-order chi connectivity index (χ1) is 13.9. The summed E-state index contributed by atoms with van der Waals surface area (Å²) in [6, 6.07) is 8.14. The van der Waals surface area contributed by atoms with Crippen LogP contribution >= 0.6 is 0 Å². The van der Waals surface area contributed by atoms with E-state index in [4.69, 9.17) is 4.74 Å². The molecule has 0 saturated carbocycles. The molecule has 162 valence electrons. The lowest BCUT2D eigenvalue weighted by atomic mass is 10.2. The fourth-order valence-electron chi connectivity index (χ4n) is 4.01. The standard InChI is InChI=1S/C20H30F3N5O/c1-3-24-19(25-15-8-10-27(12-15)14-20(21,22)23)26-16-9-11-28(13-16)17-6-4-5-7-18(17)29-2/h4-7,15-16H,3,8-14H2,1-2H3,(H2,24,25,26). The molecule has 0 radical (unpaired) electrons. The molecule has 0 spiro atoms. The van der Waals surface area contributed by atoms with E-state index >= 15 is 0 Å². The Morgan fingerprint density at radius 2 is 1.83 bits per heavy atom. The Morgan fingerprint density at radius 1 is 1.14 bits per heavy atom. The summed E-state index contributed by atoms with van der Waals surface area (Å²) in [5.41, 5.74) is 1.07. The van der Waals surface area contributed by atoms with Crippen molar-refractivity contribution in [3.63, 3.8) is 0 Å². The van der Waals surface area contributed by atoms with Crippen LogP contribution < -0.4 is 20.3 Å². The van der Waals surface area contributed by atoms with Crippen molar-refractivity contribution in [2.24, 2.45) is 4.99 Å². The number of nitrogens with one attached hydrogen (secondary N) is 2. The number of hydrogen-bond acceptors (Lipinski definition) is 4. The van der Waals surface area contributed by atoms with Crippen LogP contribution in [0.25, 0.3) is 0 Å². The van der Waals surface area contributed by atoms with Gasteiger partial charge in [0.2, 0.25) is 0 Å². The largest absolute Gasteiger partial charge is 0.495 e. The molecule has 1 aromatic carbocycles. The second-order valence-electron chi connectivity index (χ2n) is 7.55. The fraction of sp³-hybridized carbons (Fsp3) is 0.650. The summed E-state index contributed by atoms with van der Waals surface area (Å²) in [6.07, 6.45) is -2.52. The summed E-state index contributed by atoms with van der Waals surface area (Å²) in [4.78, 5) is 8.22. The summed E-state index contributed by atoms with van der Waals surface area (Å²) in [6.45, 7) is 4.25. The number of methoxy groups -OCH3 is 1. The summed E-state index contributed by atoms with van der Waals surface area (Å²) >= 11 is 0. The number of hydrogen-bond donors (Lipinski definition) is 2. The zero-order valence-corrected chi connectivity index (χ0v) is 17.0. The monoisotopic (exact) mass is 413 g/mol. The minimum absolute atomic E-state index is 0.0260. The number of likely N-dealkylation sites (tertiary alicyclic amines) is 1. The average Bonchev–Trinajstić information content (AvgIpc) is 3.30. The highest BCUT2D eigenvalue weighted by molar-refractivity contribution is 5.80. The molecule has 29 heavy (non-hydrogen) atoms. The molecule has 9 heteroatoms. The van der Waals surface area contributed by atoms with Crippen LogP contribution in [0, 0.1) is 0 Å². The van der Waals surface area contributed by atoms with Gasteiger partial charge in [-0.3, -0.25) is 9.89 Å². The van der Waals surface area contributed by atoms with Gasteiger partial charge in [-0.25, -0.2) is 0 Å². The highest BCUT2D eigenvalue weighted by Crippen LogP contribution is 2.30. The van der Waals surface area contributed by atoms with E-state index < -0.39 is 12.7 Å².